The molecule has 1 aromatic carbocycles. The van der Waals surface area contributed by atoms with Gasteiger partial charge in [0.1, 0.15) is 5.82 Å². The van der Waals surface area contributed by atoms with E-state index in [0.29, 0.717) is 37.4 Å². The van der Waals surface area contributed by atoms with E-state index in [1.807, 2.05) is 44.3 Å². The van der Waals surface area contributed by atoms with Crippen LogP contribution in [0.5, 0.6) is 0 Å². The van der Waals surface area contributed by atoms with E-state index in [1.54, 1.807) is 6.08 Å². The van der Waals surface area contributed by atoms with E-state index >= 15 is 4.39 Å². The summed E-state index contributed by atoms with van der Waals surface area (Å²) in [5.41, 5.74) is 4.01. The average molecular weight is 578 g/mol. The van der Waals surface area contributed by atoms with Gasteiger partial charge in [-0.05, 0) is 69.2 Å². The van der Waals surface area contributed by atoms with Gasteiger partial charge in [-0.3, -0.25) is 18.7 Å². The second kappa shape index (κ2) is 10.9. The van der Waals surface area contributed by atoms with Crippen LogP contribution in [-0.2, 0) is 11.3 Å². The van der Waals surface area contributed by atoms with E-state index in [1.165, 1.54) is 20.1 Å². The lowest BCUT2D eigenvalue weighted by molar-refractivity contribution is -0.118. The summed E-state index contributed by atoms with van der Waals surface area (Å²) in [4.78, 5) is 54.2. The van der Waals surface area contributed by atoms with Crippen molar-refractivity contribution in [1.29, 1.82) is 0 Å². The number of carbonyl (C=O) groups is 2. The molecule has 3 N–H and O–H groups in total. The standard InChI is InChI=1S/C30H36FN7O4/c1-17(2)38-26-13-23(31)25(12-22(26)28(40)37(30(38)42)14-18-6-7-18)33-29(41)36-10-4-5-21(16-36)32-27(39)19-8-9-20-15-35(3)34-24(20)11-19/h8-9,11-13,15,17-18,21,24,34H,4-7,10,14,16H2,1-3H3,(H,32,39)(H,33,41)/t21-,24?/m1/s1. The first-order valence-electron chi connectivity index (χ1n) is 14.5. The van der Waals surface area contributed by atoms with Crippen molar-refractivity contribution in [2.45, 2.75) is 64.2 Å². The maximum Gasteiger partial charge on any atom is 0.331 e. The van der Waals surface area contributed by atoms with Gasteiger partial charge in [0.15, 0.2) is 0 Å². The first kappa shape index (κ1) is 28.0. The lowest BCUT2D eigenvalue weighted by atomic mass is 9.98. The number of urea groups is 1. The molecule has 1 unspecified atom stereocenters. The number of aromatic nitrogens is 2. The number of amides is 3. The van der Waals surface area contributed by atoms with Crippen LogP contribution in [0.1, 0.15) is 45.6 Å². The molecule has 0 bridgehead atoms. The van der Waals surface area contributed by atoms with Crippen LogP contribution in [-0.4, -0.2) is 63.2 Å². The number of likely N-dealkylation sites (tertiary alicyclic amines) is 1. The number of fused-ring (bicyclic) bond motifs is 2. The van der Waals surface area contributed by atoms with E-state index in [0.717, 1.165) is 24.5 Å². The van der Waals surface area contributed by atoms with E-state index in [2.05, 4.69) is 16.1 Å². The number of anilines is 1. The molecule has 3 heterocycles. The van der Waals surface area contributed by atoms with Crippen molar-refractivity contribution in [2.24, 2.45) is 5.92 Å². The molecular weight excluding hydrogens is 541 g/mol. The van der Waals surface area contributed by atoms with Crippen molar-refractivity contribution in [1.82, 2.24) is 29.8 Å². The van der Waals surface area contributed by atoms with Gasteiger partial charge < -0.3 is 20.5 Å². The summed E-state index contributed by atoms with van der Waals surface area (Å²) in [6, 6.07) is 1.35. The average Bonchev–Trinajstić information content (AvgIpc) is 3.69. The molecular formula is C30H36FN7O4. The third kappa shape index (κ3) is 5.38. The van der Waals surface area contributed by atoms with Crippen molar-refractivity contribution in [3.63, 3.8) is 0 Å². The normalized spacial score (nSPS) is 21.8. The van der Waals surface area contributed by atoms with Crippen LogP contribution in [0.3, 0.4) is 0 Å². The molecule has 4 aliphatic rings. The Hall–Kier alpha value is -4.19. The van der Waals surface area contributed by atoms with Crippen LogP contribution in [0, 0.1) is 11.7 Å². The monoisotopic (exact) mass is 577 g/mol. The highest BCUT2D eigenvalue weighted by Gasteiger charge is 2.29. The summed E-state index contributed by atoms with van der Waals surface area (Å²) in [5, 5.41) is 7.68. The minimum absolute atomic E-state index is 0.0562. The molecule has 1 aromatic heterocycles. The fraction of sp³-hybridized carbons (Fsp3) is 0.467. The van der Waals surface area contributed by atoms with Gasteiger partial charge >= 0.3 is 11.7 Å². The van der Waals surface area contributed by atoms with Crippen LogP contribution >= 0.6 is 0 Å². The number of carbonyl (C=O) groups excluding carboxylic acids is 2. The Morgan fingerprint density at radius 1 is 1.14 bits per heavy atom. The molecule has 1 saturated carbocycles. The maximum absolute atomic E-state index is 15.3. The highest BCUT2D eigenvalue weighted by atomic mass is 19.1. The molecule has 222 valence electrons. The summed E-state index contributed by atoms with van der Waals surface area (Å²) in [6.07, 6.45) is 10.8. The van der Waals surface area contributed by atoms with Crippen molar-refractivity contribution < 1.29 is 14.0 Å². The summed E-state index contributed by atoms with van der Waals surface area (Å²) in [6.45, 7) is 4.67. The van der Waals surface area contributed by atoms with Gasteiger partial charge in [-0.2, -0.15) is 0 Å². The van der Waals surface area contributed by atoms with Crippen molar-refractivity contribution in [3.8, 4) is 0 Å². The second-order valence-electron chi connectivity index (χ2n) is 11.9. The highest BCUT2D eigenvalue weighted by Crippen LogP contribution is 2.30. The zero-order chi connectivity index (χ0) is 29.7. The number of hydrogen-bond donors (Lipinski definition) is 3. The Balaban J connectivity index is 1.18. The van der Waals surface area contributed by atoms with Crippen molar-refractivity contribution >= 4 is 28.5 Å². The van der Waals surface area contributed by atoms with E-state index in [4.69, 9.17) is 0 Å². The first-order valence-corrected chi connectivity index (χ1v) is 14.5. The summed E-state index contributed by atoms with van der Waals surface area (Å²) >= 11 is 0. The lowest BCUT2D eigenvalue weighted by Crippen LogP contribution is -2.51. The lowest BCUT2D eigenvalue weighted by Gasteiger charge is -2.33. The van der Waals surface area contributed by atoms with Gasteiger partial charge in [0, 0.05) is 56.6 Å². The highest BCUT2D eigenvalue weighted by molar-refractivity contribution is 5.97. The maximum atomic E-state index is 15.3. The van der Waals surface area contributed by atoms with Gasteiger partial charge in [0.2, 0.25) is 0 Å². The van der Waals surface area contributed by atoms with Crippen LogP contribution in [0.4, 0.5) is 14.9 Å². The van der Waals surface area contributed by atoms with Gasteiger partial charge in [0.25, 0.3) is 11.5 Å². The molecule has 2 fully saturated rings. The molecule has 2 aliphatic heterocycles. The number of nitrogens with one attached hydrogen (secondary N) is 3. The summed E-state index contributed by atoms with van der Waals surface area (Å²) in [5.74, 6) is -0.656. The largest absolute Gasteiger partial charge is 0.348 e. The molecule has 6 rings (SSSR count). The summed E-state index contributed by atoms with van der Waals surface area (Å²) in [7, 11) is 1.90. The number of piperidine rings is 1. The molecule has 0 spiro atoms. The van der Waals surface area contributed by atoms with E-state index in [9.17, 15) is 19.2 Å². The Kier molecular flexibility index (Phi) is 7.25. The molecule has 11 nitrogen and oxygen atoms in total. The molecule has 2 aliphatic carbocycles. The topological polar surface area (TPSA) is 121 Å². The third-order valence-electron chi connectivity index (χ3n) is 8.31. The van der Waals surface area contributed by atoms with Crippen molar-refractivity contribution in [3.05, 3.63) is 74.4 Å². The van der Waals surface area contributed by atoms with Crippen LogP contribution in [0.25, 0.3) is 10.9 Å². The SMILES string of the molecule is CC(C)n1c(=O)n(CC2CC2)c(=O)c2cc(NC(=O)N3CCC[C@@H](NC(=O)C4=CC5NN(C)C=C5C=C4)C3)c(F)cc21. The molecule has 1 saturated heterocycles. The molecule has 3 amide bonds. The summed E-state index contributed by atoms with van der Waals surface area (Å²) < 4.78 is 18.0. The van der Waals surface area contributed by atoms with E-state index in [-0.39, 0.29) is 47.2 Å². The minimum Gasteiger partial charge on any atom is -0.348 e. The Bertz CT molecular complexity index is 1670. The fourth-order valence-electron chi connectivity index (χ4n) is 5.94. The van der Waals surface area contributed by atoms with E-state index < -0.39 is 23.1 Å². The number of hydrogen-bond acceptors (Lipinski definition) is 6. The minimum atomic E-state index is -0.735. The molecule has 0 radical (unpaired) electrons. The third-order valence-corrected chi connectivity index (χ3v) is 8.31. The number of nitrogens with zero attached hydrogens (tertiary/aromatic N) is 4. The Morgan fingerprint density at radius 3 is 2.67 bits per heavy atom. The predicted octanol–water partition coefficient (Wildman–Crippen LogP) is 2.60. The molecule has 2 atom stereocenters. The van der Waals surface area contributed by atoms with Crippen molar-refractivity contribution in [2.75, 3.05) is 25.5 Å². The van der Waals surface area contributed by atoms with Gasteiger partial charge in [-0.25, -0.2) is 19.4 Å². The van der Waals surface area contributed by atoms with Gasteiger partial charge in [0.05, 0.1) is 22.6 Å². The molecule has 12 heteroatoms. The Morgan fingerprint density at radius 2 is 1.93 bits per heavy atom. The molecule has 42 heavy (non-hydrogen) atoms. The zero-order valence-electron chi connectivity index (χ0n) is 24.0. The van der Waals surface area contributed by atoms with Gasteiger partial charge in [-0.1, -0.05) is 6.08 Å². The van der Waals surface area contributed by atoms with Crippen LogP contribution < -0.4 is 27.3 Å². The number of hydrazine groups is 1. The number of rotatable bonds is 6. The number of benzene rings is 1. The zero-order valence-corrected chi connectivity index (χ0v) is 24.0. The van der Waals surface area contributed by atoms with Crippen LogP contribution in [0.2, 0.25) is 0 Å². The fourth-order valence-corrected chi connectivity index (χ4v) is 5.94. The smallest absolute Gasteiger partial charge is 0.331 e. The van der Waals surface area contributed by atoms with Crippen LogP contribution in [0.15, 0.2) is 57.3 Å². The second-order valence-corrected chi connectivity index (χ2v) is 11.9. The first-order chi connectivity index (χ1) is 20.1. The van der Waals surface area contributed by atoms with Gasteiger partial charge in [-0.15, -0.1) is 0 Å². The quantitative estimate of drug-likeness (QED) is 0.486. The Labute approximate surface area is 242 Å². The predicted molar refractivity (Wildman–Crippen MR) is 157 cm³/mol. The molecule has 2 aromatic rings. The number of halogens is 1.